The zero-order chi connectivity index (χ0) is 17.7. The molecule has 0 bridgehead atoms. The average Bonchev–Trinajstić information content (AvgIpc) is 2.54. The van der Waals surface area contributed by atoms with E-state index in [0.29, 0.717) is 11.1 Å². The van der Waals surface area contributed by atoms with Crippen molar-refractivity contribution >= 4 is 5.91 Å². The van der Waals surface area contributed by atoms with Crippen molar-refractivity contribution in [3.05, 3.63) is 70.8 Å². The summed E-state index contributed by atoms with van der Waals surface area (Å²) in [7, 11) is 0. The van der Waals surface area contributed by atoms with Gasteiger partial charge in [0.25, 0.3) is 0 Å². The number of nitrogens with one attached hydrogen (secondary N) is 1. The van der Waals surface area contributed by atoms with Gasteiger partial charge in [-0.2, -0.15) is 18.4 Å². The minimum atomic E-state index is -4.38. The van der Waals surface area contributed by atoms with Crippen molar-refractivity contribution in [2.75, 3.05) is 0 Å². The van der Waals surface area contributed by atoms with Crippen LogP contribution in [0, 0.1) is 11.3 Å². The molecule has 0 spiro atoms. The molecule has 2 rings (SSSR count). The van der Waals surface area contributed by atoms with Crippen molar-refractivity contribution < 1.29 is 18.0 Å². The van der Waals surface area contributed by atoms with Gasteiger partial charge in [0.05, 0.1) is 29.7 Å². The molecule has 0 saturated heterocycles. The summed E-state index contributed by atoms with van der Waals surface area (Å²) in [5.74, 6) is -0.286. The highest BCUT2D eigenvalue weighted by molar-refractivity contribution is 5.79. The number of hydrogen-bond acceptors (Lipinski definition) is 2. The zero-order valence-electron chi connectivity index (χ0n) is 12.9. The summed E-state index contributed by atoms with van der Waals surface area (Å²) < 4.78 is 37.5. The Morgan fingerprint density at radius 3 is 2.21 bits per heavy atom. The van der Waals surface area contributed by atoms with Crippen LogP contribution in [-0.4, -0.2) is 5.91 Å². The van der Waals surface area contributed by atoms with E-state index in [2.05, 4.69) is 5.32 Å². The third-order valence-electron chi connectivity index (χ3n) is 3.56. The number of halogens is 3. The molecule has 24 heavy (non-hydrogen) atoms. The number of nitriles is 1. The topological polar surface area (TPSA) is 52.9 Å². The first-order chi connectivity index (χ1) is 11.3. The van der Waals surface area contributed by atoms with Crippen LogP contribution in [0.5, 0.6) is 0 Å². The smallest absolute Gasteiger partial charge is 0.349 e. The van der Waals surface area contributed by atoms with Crippen LogP contribution in [0.1, 0.15) is 35.2 Å². The lowest BCUT2D eigenvalue weighted by atomic mass is 10.1. The molecule has 1 N–H and O–H groups in total. The maximum Gasteiger partial charge on any atom is 0.416 e. The van der Waals surface area contributed by atoms with Crippen LogP contribution in [0.15, 0.2) is 48.5 Å². The summed E-state index contributed by atoms with van der Waals surface area (Å²) in [5.41, 5.74) is 1.14. The second kappa shape index (κ2) is 7.18. The van der Waals surface area contributed by atoms with Gasteiger partial charge in [-0.15, -0.1) is 0 Å². The summed E-state index contributed by atoms with van der Waals surface area (Å²) in [6, 6.07) is 13.1. The van der Waals surface area contributed by atoms with Gasteiger partial charge in [0, 0.05) is 0 Å². The van der Waals surface area contributed by atoms with Crippen LogP contribution in [0.2, 0.25) is 0 Å². The predicted molar refractivity (Wildman–Crippen MR) is 82.9 cm³/mol. The largest absolute Gasteiger partial charge is 0.416 e. The molecule has 0 saturated carbocycles. The van der Waals surface area contributed by atoms with E-state index in [0.717, 1.165) is 17.7 Å². The van der Waals surface area contributed by atoms with Gasteiger partial charge in [0.1, 0.15) is 0 Å². The van der Waals surface area contributed by atoms with E-state index in [1.165, 1.54) is 12.1 Å². The van der Waals surface area contributed by atoms with Gasteiger partial charge < -0.3 is 5.32 Å². The number of carbonyl (C=O) groups is 1. The lowest BCUT2D eigenvalue weighted by Gasteiger charge is -2.14. The van der Waals surface area contributed by atoms with E-state index in [1.54, 1.807) is 31.2 Å². The summed E-state index contributed by atoms with van der Waals surface area (Å²) in [6.07, 6.45) is -4.39. The van der Waals surface area contributed by atoms with E-state index in [-0.39, 0.29) is 18.4 Å². The monoisotopic (exact) mass is 332 g/mol. The minimum Gasteiger partial charge on any atom is -0.349 e. The van der Waals surface area contributed by atoms with Gasteiger partial charge in [-0.3, -0.25) is 4.79 Å². The number of amides is 1. The van der Waals surface area contributed by atoms with E-state index in [1.807, 2.05) is 6.07 Å². The molecule has 0 aromatic heterocycles. The molecular formula is C18H15F3N2O. The zero-order valence-corrected chi connectivity index (χ0v) is 12.9. The van der Waals surface area contributed by atoms with E-state index >= 15 is 0 Å². The van der Waals surface area contributed by atoms with Gasteiger partial charge in [-0.25, -0.2) is 0 Å². The Balaban J connectivity index is 1.96. The van der Waals surface area contributed by atoms with Gasteiger partial charge in [-0.05, 0) is 42.3 Å². The standard InChI is InChI=1S/C18H15F3N2O/c1-12(15-6-2-14(11-22)3-7-15)23-17(24)10-13-4-8-16(9-5-13)18(19,20)21/h2-9,12H,10H2,1H3,(H,23,24). The van der Waals surface area contributed by atoms with Crippen LogP contribution in [0.25, 0.3) is 0 Å². The molecule has 0 heterocycles. The molecule has 1 atom stereocenters. The summed E-state index contributed by atoms with van der Waals surface area (Å²) >= 11 is 0. The van der Waals surface area contributed by atoms with Crippen LogP contribution in [-0.2, 0) is 17.4 Å². The minimum absolute atomic E-state index is 0.00123. The molecule has 0 radical (unpaired) electrons. The number of hydrogen-bond donors (Lipinski definition) is 1. The molecule has 0 aliphatic heterocycles. The van der Waals surface area contributed by atoms with Crippen molar-refractivity contribution in [1.29, 1.82) is 5.26 Å². The molecule has 1 amide bonds. The summed E-state index contributed by atoms with van der Waals surface area (Å²) in [4.78, 5) is 12.0. The normalized spacial score (nSPS) is 12.3. The van der Waals surface area contributed by atoms with Crippen LogP contribution >= 0.6 is 0 Å². The molecule has 2 aromatic carbocycles. The van der Waals surface area contributed by atoms with Gasteiger partial charge in [0.15, 0.2) is 0 Å². The molecule has 0 aliphatic rings. The molecule has 0 aliphatic carbocycles. The van der Waals surface area contributed by atoms with Crippen LogP contribution in [0.4, 0.5) is 13.2 Å². The number of nitrogens with zero attached hydrogens (tertiary/aromatic N) is 1. The molecule has 124 valence electrons. The first-order valence-corrected chi connectivity index (χ1v) is 7.25. The highest BCUT2D eigenvalue weighted by Gasteiger charge is 2.29. The third kappa shape index (κ3) is 4.59. The fourth-order valence-electron chi connectivity index (χ4n) is 2.22. The van der Waals surface area contributed by atoms with Crippen molar-refractivity contribution in [3.63, 3.8) is 0 Å². The van der Waals surface area contributed by atoms with Crippen molar-refractivity contribution in [1.82, 2.24) is 5.32 Å². The number of alkyl halides is 3. The first-order valence-electron chi connectivity index (χ1n) is 7.25. The van der Waals surface area contributed by atoms with Gasteiger partial charge >= 0.3 is 6.18 Å². The summed E-state index contributed by atoms with van der Waals surface area (Å²) in [6.45, 7) is 1.80. The Kier molecular flexibility index (Phi) is 5.24. The lowest BCUT2D eigenvalue weighted by molar-refractivity contribution is -0.137. The number of carbonyl (C=O) groups excluding carboxylic acids is 1. The third-order valence-corrected chi connectivity index (χ3v) is 3.56. The molecule has 1 unspecified atom stereocenters. The number of rotatable bonds is 4. The Morgan fingerprint density at radius 1 is 1.12 bits per heavy atom. The quantitative estimate of drug-likeness (QED) is 0.920. The maximum absolute atomic E-state index is 12.5. The summed E-state index contributed by atoms with van der Waals surface area (Å²) in [5, 5.41) is 11.5. The van der Waals surface area contributed by atoms with Crippen molar-refractivity contribution in [3.8, 4) is 6.07 Å². The van der Waals surface area contributed by atoms with Crippen LogP contribution < -0.4 is 5.32 Å². The van der Waals surface area contributed by atoms with E-state index in [9.17, 15) is 18.0 Å². The first kappa shape index (κ1) is 17.5. The number of benzene rings is 2. The molecule has 6 heteroatoms. The van der Waals surface area contributed by atoms with Crippen LogP contribution in [0.3, 0.4) is 0 Å². The fraction of sp³-hybridized carbons (Fsp3) is 0.222. The Bertz CT molecular complexity index is 744. The van der Waals surface area contributed by atoms with Crippen molar-refractivity contribution in [2.24, 2.45) is 0 Å². The Hall–Kier alpha value is -2.81. The maximum atomic E-state index is 12.5. The molecule has 2 aromatic rings. The van der Waals surface area contributed by atoms with Crippen molar-refractivity contribution in [2.45, 2.75) is 25.6 Å². The van der Waals surface area contributed by atoms with Gasteiger partial charge in [-0.1, -0.05) is 24.3 Å². The lowest BCUT2D eigenvalue weighted by Crippen LogP contribution is -2.28. The van der Waals surface area contributed by atoms with E-state index < -0.39 is 11.7 Å². The molecule has 3 nitrogen and oxygen atoms in total. The Morgan fingerprint density at radius 2 is 1.71 bits per heavy atom. The van der Waals surface area contributed by atoms with Gasteiger partial charge in [0.2, 0.25) is 5.91 Å². The molecular weight excluding hydrogens is 317 g/mol. The second-order valence-electron chi connectivity index (χ2n) is 5.39. The van der Waals surface area contributed by atoms with E-state index in [4.69, 9.17) is 5.26 Å². The Labute approximate surface area is 137 Å². The molecule has 0 fully saturated rings. The fourth-order valence-corrected chi connectivity index (χ4v) is 2.22. The highest BCUT2D eigenvalue weighted by atomic mass is 19.4. The second-order valence-corrected chi connectivity index (χ2v) is 5.39. The predicted octanol–water partition coefficient (Wildman–Crippen LogP) is 4.00. The SMILES string of the molecule is CC(NC(=O)Cc1ccc(C(F)(F)F)cc1)c1ccc(C#N)cc1. The highest BCUT2D eigenvalue weighted by Crippen LogP contribution is 2.29. The average molecular weight is 332 g/mol.